The molecule has 0 aromatic heterocycles. The Hall–Kier alpha value is 0.310. The molecule has 0 saturated carbocycles. The van der Waals surface area contributed by atoms with Crippen molar-refractivity contribution in [3.63, 3.8) is 0 Å². The van der Waals surface area contributed by atoms with Crippen molar-refractivity contribution in [2.45, 2.75) is 47.1 Å². The van der Waals surface area contributed by atoms with Crippen LogP contribution in [0.2, 0.25) is 0 Å². The van der Waals surface area contributed by atoms with Crippen LogP contribution >= 0.6 is 12.6 Å². The maximum atomic E-state index is 4.39. The van der Waals surface area contributed by atoms with E-state index in [0.717, 1.165) is 18.8 Å². The van der Waals surface area contributed by atoms with Gasteiger partial charge in [-0.2, -0.15) is 12.6 Å². The third-order valence-electron chi connectivity index (χ3n) is 2.68. The van der Waals surface area contributed by atoms with Crippen LogP contribution in [-0.2, 0) is 0 Å². The highest BCUT2D eigenvalue weighted by Crippen LogP contribution is 2.20. The number of rotatable bonds is 6. The summed E-state index contributed by atoms with van der Waals surface area (Å²) in [5.74, 6) is 0.958. The molecule has 0 aliphatic heterocycles. The van der Waals surface area contributed by atoms with E-state index >= 15 is 0 Å². The van der Waals surface area contributed by atoms with E-state index in [4.69, 9.17) is 0 Å². The average Bonchev–Trinajstić information content (AvgIpc) is 2.13. The molecule has 1 unspecified atom stereocenters. The molecule has 0 aromatic rings. The van der Waals surface area contributed by atoms with Crippen molar-refractivity contribution in [2.75, 3.05) is 18.8 Å². The van der Waals surface area contributed by atoms with Gasteiger partial charge in [-0.05, 0) is 31.1 Å². The minimum Gasteiger partial charge on any atom is -0.300 e. The van der Waals surface area contributed by atoms with Gasteiger partial charge in [-0.1, -0.05) is 27.7 Å². The van der Waals surface area contributed by atoms with Crippen molar-refractivity contribution in [3.8, 4) is 0 Å². The highest BCUT2D eigenvalue weighted by molar-refractivity contribution is 7.80. The zero-order chi connectivity index (χ0) is 10.5. The van der Waals surface area contributed by atoms with Crippen LogP contribution in [0.1, 0.15) is 41.0 Å². The number of hydrogen-bond acceptors (Lipinski definition) is 2. The molecule has 0 amide bonds. The molecule has 0 bridgehead atoms. The molecule has 0 aliphatic carbocycles. The Morgan fingerprint density at radius 2 is 1.85 bits per heavy atom. The summed E-state index contributed by atoms with van der Waals surface area (Å²) in [6.45, 7) is 13.7. The molecule has 0 aliphatic rings. The van der Waals surface area contributed by atoms with Crippen molar-refractivity contribution in [1.82, 2.24) is 4.90 Å². The predicted octanol–water partition coefficient (Wildman–Crippen LogP) is 3.06. The standard InChI is InChI=1S/C11H25NS/c1-6-10(3)12(7-2)8-11(4,5)9-13/h10,13H,6-9H2,1-5H3. The molecule has 0 fully saturated rings. The van der Waals surface area contributed by atoms with Crippen molar-refractivity contribution < 1.29 is 0 Å². The Balaban J connectivity index is 4.11. The van der Waals surface area contributed by atoms with Crippen LogP contribution in [0, 0.1) is 5.41 Å². The number of hydrogen-bond donors (Lipinski definition) is 1. The van der Waals surface area contributed by atoms with Gasteiger partial charge < -0.3 is 4.90 Å². The molecular formula is C11H25NS. The summed E-state index contributed by atoms with van der Waals surface area (Å²) in [6.07, 6.45) is 1.23. The molecular weight excluding hydrogens is 178 g/mol. The lowest BCUT2D eigenvalue weighted by Gasteiger charge is -2.34. The lowest BCUT2D eigenvalue weighted by molar-refractivity contribution is 0.153. The summed E-state index contributed by atoms with van der Waals surface area (Å²) in [7, 11) is 0. The van der Waals surface area contributed by atoms with E-state index in [2.05, 4.69) is 52.1 Å². The van der Waals surface area contributed by atoms with Crippen molar-refractivity contribution in [1.29, 1.82) is 0 Å². The van der Waals surface area contributed by atoms with E-state index in [1.54, 1.807) is 0 Å². The lowest BCUT2D eigenvalue weighted by Crippen LogP contribution is -2.40. The van der Waals surface area contributed by atoms with Crippen molar-refractivity contribution in [3.05, 3.63) is 0 Å². The Morgan fingerprint density at radius 3 is 2.15 bits per heavy atom. The van der Waals surface area contributed by atoms with Crippen LogP contribution in [-0.4, -0.2) is 29.8 Å². The van der Waals surface area contributed by atoms with E-state index in [9.17, 15) is 0 Å². The topological polar surface area (TPSA) is 3.24 Å². The van der Waals surface area contributed by atoms with Gasteiger partial charge in [-0.25, -0.2) is 0 Å². The number of thiol groups is 1. The third kappa shape index (κ3) is 4.92. The lowest BCUT2D eigenvalue weighted by atomic mass is 9.94. The molecule has 0 heterocycles. The molecule has 2 heteroatoms. The highest BCUT2D eigenvalue weighted by atomic mass is 32.1. The van der Waals surface area contributed by atoms with E-state index < -0.39 is 0 Å². The average molecular weight is 203 g/mol. The van der Waals surface area contributed by atoms with Gasteiger partial charge in [0.2, 0.25) is 0 Å². The largest absolute Gasteiger partial charge is 0.300 e. The molecule has 0 spiro atoms. The predicted molar refractivity (Wildman–Crippen MR) is 64.6 cm³/mol. The molecule has 80 valence electrons. The molecule has 0 rings (SSSR count). The van der Waals surface area contributed by atoms with Crippen LogP contribution in [0.3, 0.4) is 0 Å². The van der Waals surface area contributed by atoms with E-state index in [1.807, 2.05) is 0 Å². The van der Waals surface area contributed by atoms with Crippen LogP contribution in [0.25, 0.3) is 0 Å². The SMILES string of the molecule is CCC(C)N(CC)CC(C)(C)CS. The van der Waals surface area contributed by atoms with Gasteiger partial charge in [0.1, 0.15) is 0 Å². The highest BCUT2D eigenvalue weighted by Gasteiger charge is 2.21. The monoisotopic (exact) mass is 203 g/mol. The van der Waals surface area contributed by atoms with Gasteiger partial charge in [0.05, 0.1) is 0 Å². The minimum absolute atomic E-state index is 0.336. The van der Waals surface area contributed by atoms with Crippen LogP contribution in [0.4, 0.5) is 0 Å². The number of nitrogens with zero attached hydrogens (tertiary/aromatic N) is 1. The molecule has 1 atom stereocenters. The second-order valence-corrected chi connectivity index (χ2v) is 4.96. The minimum atomic E-state index is 0.336. The maximum absolute atomic E-state index is 4.39. The van der Waals surface area contributed by atoms with E-state index in [0.29, 0.717) is 11.5 Å². The fraction of sp³-hybridized carbons (Fsp3) is 1.00. The van der Waals surface area contributed by atoms with Crippen molar-refractivity contribution >= 4 is 12.6 Å². The zero-order valence-electron chi connectivity index (χ0n) is 9.80. The molecule has 0 radical (unpaired) electrons. The summed E-state index contributed by atoms with van der Waals surface area (Å²) in [4.78, 5) is 2.54. The quantitative estimate of drug-likeness (QED) is 0.649. The first-order chi connectivity index (χ1) is 5.96. The molecule has 0 saturated heterocycles. The van der Waals surface area contributed by atoms with E-state index in [-0.39, 0.29) is 0 Å². The molecule has 13 heavy (non-hydrogen) atoms. The first-order valence-electron chi connectivity index (χ1n) is 5.31. The van der Waals surface area contributed by atoms with Crippen molar-refractivity contribution in [2.24, 2.45) is 5.41 Å². The molecule has 0 aromatic carbocycles. The van der Waals surface area contributed by atoms with Crippen LogP contribution < -0.4 is 0 Å². The first kappa shape index (κ1) is 13.3. The molecule has 0 N–H and O–H groups in total. The maximum Gasteiger partial charge on any atom is 0.00644 e. The third-order valence-corrected chi connectivity index (χ3v) is 3.54. The smallest absolute Gasteiger partial charge is 0.00644 e. The van der Waals surface area contributed by atoms with Gasteiger partial charge in [0.15, 0.2) is 0 Å². The first-order valence-corrected chi connectivity index (χ1v) is 5.95. The summed E-state index contributed by atoms with van der Waals surface area (Å²) in [5.41, 5.74) is 0.336. The Labute approximate surface area is 89.3 Å². The Morgan fingerprint density at radius 1 is 1.31 bits per heavy atom. The van der Waals surface area contributed by atoms with Gasteiger partial charge in [-0.15, -0.1) is 0 Å². The van der Waals surface area contributed by atoms with Gasteiger partial charge in [0.25, 0.3) is 0 Å². The summed E-state index contributed by atoms with van der Waals surface area (Å²) in [5, 5.41) is 0. The van der Waals surface area contributed by atoms with Gasteiger partial charge in [-0.3, -0.25) is 0 Å². The zero-order valence-corrected chi connectivity index (χ0v) is 10.7. The van der Waals surface area contributed by atoms with E-state index in [1.165, 1.54) is 6.42 Å². The normalized spacial score (nSPS) is 15.0. The van der Waals surface area contributed by atoms with Crippen LogP contribution in [0.5, 0.6) is 0 Å². The Bertz CT molecular complexity index is 134. The second kappa shape index (κ2) is 5.92. The molecule has 1 nitrogen and oxygen atoms in total. The summed E-state index contributed by atoms with van der Waals surface area (Å²) < 4.78 is 0. The summed E-state index contributed by atoms with van der Waals surface area (Å²) in [6, 6.07) is 0.698. The summed E-state index contributed by atoms with van der Waals surface area (Å²) >= 11 is 4.39. The van der Waals surface area contributed by atoms with Gasteiger partial charge in [0, 0.05) is 12.6 Å². The fourth-order valence-corrected chi connectivity index (χ4v) is 1.54. The van der Waals surface area contributed by atoms with Crippen LogP contribution in [0.15, 0.2) is 0 Å². The Kier molecular flexibility index (Phi) is 6.06. The van der Waals surface area contributed by atoms with Gasteiger partial charge >= 0.3 is 0 Å². The second-order valence-electron chi connectivity index (χ2n) is 4.64. The fourth-order valence-electron chi connectivity index (χ4n) is 1.44.